The first-order valence-corrected chi connectivity index (χ1v) is 7.82. The van der Waals surface area contributed by atoms with Crippen LogP contribution >= 0.6 is 12.2 Å². The maximum Gasteiger partial charge on any atom is 0.124 e. The summed E-state index contributed by atoms with van der Waals surface area (Å²) >= 11 is 5.41. The number of rotatable bonds is 2. The van der Waals surface area contributed by atoms with Gasteiger partial charge in [-0.1, -0.05) is 42.6 Å². The van der Waals surface area contributed by atoms with E-state index < -0.39 is 15.5 Å². The molecule has 5 heteroatoms. The predicted octanol–water partition coefficient (Wildman–Crippen LogP) is 2.21. The molecule has 0 aromatic rings. The van der Waals surface area contributed by atoms with E-state index in [9.17, 15) is 4.21 Å². The van der Waals surface area contributed by atoms with Crippen molar-refractivity contribution in [3.8, 4) is 6.07 Å². The fraction of sp³-hybridized carbons (Fsp3) is 0.429. The molecule has 0 aromatic carbocycles. The van der Waals surface area contributed by atoms with Gasteiger partial charge in [-0.2, -0.15) is 5.26 Å². The highest BCUT2D eigenvalue weighted by atomic mass is 32.2. The first-order valence-electron chi connectivity index (χ1n) is 6.20. The third-order valence-electron chi connectivity index (χ3n) is 3.63. The average Bonchev–Trinajstić information content (AvgIpc) is 2.47. The lowest BCUT2D eigenvalue weighted by Gasteiger charge is -2.38. The van der Waals surface area contributed by atoms with Crippen LogP contribution in [-0.4, -0.2) is 21.0 Å². The Morgan fingerprint density at radius 3 is 3.00 bits per heavy atom. The monoisotopic (exact) mass is 292 g/mol. The van der Waals surface area contributed by atoms with E-state index in [0.29, 0.717) is 11.4 Å². The van der Waals surface area contributed by atoms with Gasteiger partial charge in [0.2, 0.25) is 0 Å². The highest BCUT2D eigenvalue weighted by Gasteiger charge is 2.46. The molecule has 4 atom stereocenters. The van der Waals surface area contributed by atoms with E-state index in [-0.39, 0.29) is 11.8 Å². The van der Waals surface area contributed by atoms with E-state index >= 15 is 0 Å². The number of nitrogens with zero attached hydrogens (tertiary/aromatic N) is 1. The van der Waals surface area contributed by atoms with E-state index in [4.69, 9.17) is 17.5 Å². The van der Waals surface area contributed by atoms with Crippen LogP contribution in [0.25, 0.3) is 0 Å². The number of thiocarbonyl (C=S) groups is 1. The molecule has 0 fully saturated rings. The van der Waals surface area contributed by atoms with Gasteiger partial charge in [0.15, 0.2) is 0 Å². The van der Waals surface area contributed by atoms with Crippen LogP contribution in [0.2, 0.25) is 0 Å². The van der Waals surface area contributed by atoms with Crippen molar-refractivity contribution in [2.24, 2.45) is 11.8 Å². The molecule has 0 amide bonds. The van der Waals surface area contributed by atoms with Crippen molar-refractivity contribution in [3.05, 3.63) is 35.8 Å². The molecule has 1 aliphatic carbocycles. The molecule has 0 aromatic heterocycles. The number of nitrogens with one attached hydrogen (secondary N) is 1. The number of allylic oxidation sites excluding steroid dienone is 4. The van der Waals surface area contributed by atoms with Gasteiger partial charge in [0.25, 0.3) is 0 Å². The molecule has 1 heterocycles. The Kier molecular flexibility index (Phi) is 4.33. The third-order valence-corrected chi connectivity index (χ3v) is 6.02. The van der Waals surface area contributed by atoms with Gasteiger partial charge in [-0.3, -0.25) is 4.21 Å². The lowest BCUT2D eigenvalue weighted by molar-refractivity contribution is 0.448. The van der Waals surface area contributed by atoms with Crippen LogP contribution in [0.5, 0.6) is 0 Å². The quantitative estimate of drug-likeness (QED) is 0.626. The molecule has 100 valence electrons. The summed E-state index contributed by atoms with van der Waals surface area (Å²) < 4.78 is 11.8. The van der Waals surface area contributed by atoms with Gasteiger partial charge in [-0.05, 0) is 12.8 Å². The zero-order chi connectivity index (χ0) is 13.9. The number of nitriles is 1. The maximum atomic E-state index is 12.5. The Labute approximate surface area is 121 Å². The van der Waals surface area contributed by atoms with E-state index in [2.05, 4.69) is 17.5 Å². The lowest BCUT2D eigenvalue weighted by Crippen LogP contribution is -2.52. The molecule has 0 spiro atoms. The topological polar surface area (TPSA) is 52.9 Å². The highest BCUT2D eigenvalue weighted by Crippen LogP contribution is 2.39. The number of hydrogen-bond donors (Lipinski definition) is 1. The molecule has 0 saturated heterocycles. The van der Waals surface area contributed by atoms with Gasteiger partial charge in [0.1, 0.15) is 4.75 Å². The van der Waals surface area contributed by atoms with Crippen molar-refractivity contribution in [1.29, 1.82) is 5.26 Å². The minimum atomic E-state index is -1.21. The Bertz CT molecular complexity index is 530. The minimum Gasteiger partial charge on any atom is -0.381 e. The minimum absolute atomic E-state index is 0.00659. The van der Waals surface area contributed by atoms with Crippen LogP contribution in [-0.2, 0) is 10.8 Å². The molecular weight excluding hydrogens is 276 g/mol. The van der Waals surface area contributed by atoms with Crippen LogP contribution in [0, 0.1) is 23.2 Å². The van der Waals surface area contributed by atoms with Gasteiger partial charge >= 0.3 is 0 Å². The van der Waals surface area contributed by atoms with Gasteiger partial charge in [-0.15, -0.1) is 0 Å². The second-order valence-electron chi connectivity index (χ2n) is 4.69. The Hall–Kier alpha value is -1.25. The van der Waals surface area contributed by atoms with Crippen LogP contribution < -0.4 is 5.32 Å². The largest absolute Gasteiger partial charge is 0.381 e. The smallest absolute Gasteiger partial charge is 0.124 e. The zero-order valence-electron chi connectivity index (χ0n) is 10.7. The van der Waals surface area contributed by atoms with Gasteiger partial charge in [-0.25, -0.2) is 0 Å². The Balaban J connectivity index is 2.42. The summed E-state index contributed by atoms with van der Waals surface area (Å²) in [5.74, 6) is -0.0317. The summed E-state index contributed by atoms with van der Waals surface area (Å²) in [5.41, 5.74) is 0. The second kappa shape index (κ2) is 5.81. The van der Waals surface area contributed by atoms with E-state index in [1.165, 1.54) is 0 Å². The van der Waals surface area contributed by atoms with Crippen molar-refractivity contribution in [1.82, 2.24) is 5.32 Å². The summed E-state index contributed by atoms with van der Waals surface area (Å²) in [4.78, 5) is 0.569. The summed E-state index contributed by atoms with van der Waals surface area (Å²) in [5, 5.41) is 13.8. The Morgan fingerprint density at radius 2 is 2.37 bits per heavy atom. The third kappa shape index (κ3) is 2.43. The normalized spacial score (nSPS) is 36.7. The summed E-state index contributed by atoms with van der Waals surface area (Å²) in [6.45, 7) is 0. The molecule has 19 heavy (non-hydrogen) atoms. The van der Waals surface area contributed by atoms with Crippen molar-refractivity contribution in [2.45, 2.75) is 17.6 Å². The molecule has 2 rings (SSSR count). The van der Waals surface area contributed by atoms with Crippen molar-refractivity contribution >= 4 is 28.0 Å². The fourth-order valence-corrected chi connectivity index (χ4v) is 4.51. The SMILES string of the molecule is CNC(=S)[C@@]1(C2C=CCC(C#N)C2)C=CC=C[S@]1=O. The molecule has 0 saturated carbocycles. The highest BCUT2D eigenvalue weighted by molar-refractivity contribution is 7.92. The summed E-state index contributed by atoms with van der Waals surface area (Å²) in [7, 11) is 0.539. The van der Waals surface area contributed by atoms with Crippen LogP contribution in [0.4, 0.5) is 0 Å². The molecule has 0 radical (unpaired) electrons. The lowest BCUT2D eigenvalue weighted by atomic mass is 9.78. The molecule has 2 aliphatic rings. The average molecular weight is 292 g/mol. The molecule has 1 N–H and O–H groups in total. The molecule has 3 nitrogen and oxygen atoms in total. The van der Waals surface area contributed by atoms with Gasteiger partial charge in [0, 0.05) is 18.4 Å². The van der Waals surface area contributed by atoms with Crippen LogP contribution in [0.15, 0.2) is 35.8 Å². The maximum absolute atomic E-state index is 12.5. The number of hydrogen-bond acceptors (Lipinski definition) is 3. The molecule has 2 unspecified atom stereocenters. The van der Waals surface area contributed by atoms with Crippen molar-refractivity contribution in [3.63, 3.8) is 0 Å². The van der Waals surface area contributed by atoms with Crippen molar-refractivity contribution in [2.75, 3.05) is 7.05 Å². The van der Waals surface area contributed by atoms with Gasteiger partial charge in [0.05, 0.1) is 27.8 Å². The molecule has 1 aliphatic heterocycles. The first-order chi connectivity index (χ1) is 9.15. The first kappa shape index (κ1) is 14.2. The molecule has 0 bridgehead atoms. The van der Waals surface area contributed by atoms with Crippen LogP contribution in [0.1, 0.15) is 12.8 Å². The molecular formula is C14H16N2OS2. The summed E-state index contributed by atoms with van der Waals surface area (Å²) in [6, 6.07) is 2.31. The van der Waals surface area contributed by atoms with E-state index in [1.54, 1.807) is 18.5 Å². The van der Waals surface area contributed by atoms with Crippen LogP contribution in [0.3, 0.4) is 0 Å². The van der Waals surface area contributed by atoms with Gasteiger partial charge < -0.3 is 5.32 Å². The van der Waals surface area contributed by atoms with E-state index in [1.807, 2.05) is 18.2 Å². The van der Waals surface area contributed by atoms with E-state index in [0.717, 1.165) is 6.42 Å². The Morgan fingerprint density at radius 1 is 1.58 bits per heavy atom. The standard InChI is InChI=1S/C14H16N2OS2/c1-16-13(18)14(7-2-3-8-19(14)17)12-6-4-5-11(9-12)10-15/h2-4,6-8,11-12H,5,9H2,1H3,(H,16,18)/t11?,12?,14-,19+/m0/s1. The van der Waals surface area contributed by atoms with Crippen molar-refractivity contribution < 1.29 is 4.21 Å². The predicted molar refractivity (Wildman–Crippen MR) is 81.8 cm³/mol. The fourth-order valence-electron chi connectivity index (χ4n) is 2.61. The zero-order valence-corrected chi connectivity index (χ0v) is 12.3. The summed E-state index contributed by atoms with van der Waals surface area (Å²) in [6.07, 6.45) is 11.1. The second-order valence-corrected chi connectivity index (χ2v) is 6.64.